The monoisotopic (exact) mass is 1800 g/mol. The van der Waals surface area contributed by atoms with E-state index in [0.29, 0.717) is 0 Å². The molecule has 1 N–H and O–H groups in total. The molecule has 0 fully saturated rings. The zero-order valence-corrected chi connectivity index (χ0v) is 60.8. The second-order valence-corrected chi connectivity index (χ2v) is 25.4. The summed E-state index contributed by atoms with van der Waals surface area (Å²) >= 11 is 0. The zero-order valence-electron chi connectivity index (χ0n) is 50.3. The van der Waals surface area contributed by atoms with E-state index in [4.69, 9.17) is 0 Å². The van der Waals surface area contributed by atoms with Gasteiger partial charge in [-0.05, 0) is 22.3 Å². The van der Waals surface area contributed by atoms with Gasteiger partial charge >= 0.3 is 42.1 Å². The minimum absolute atomic E-state index is 0. The molecule has 8 aromatic rings. The van der Waals surface area contributed by atoms with Crippen LogP contribution in [0.3, 0.4) is 0 Å². The van der Waals surface area contributed by atoms with Crippen molar-refractivity contribution in [3.63, 3.8) is 0 Å². The van der Waals surface area contributed by atoms with Crippen LogP contribution < -0.4 is 35.7 Å². The van der Waals surface area contributed by atoms with Gasteiger partial charge in [0, 0.05) is 170 Å². The van der Waals surface area contributed by atoms with Crippen LogP contribution in [-0.2, 0) is 175 Å². The van der Waals surface area contributed by atoms with Gasteiger partial charge in [-0.1, -0.05) is 209 Å². The Bertz CT molecular complexity index is 1920. The van der Waals surface area contributed by atoms with E-state index in [1.807, 2.05) is 48.5 Å². The van der Waals surface area contributed by atoms with Crippen molar-refractivity contribution < 1.29 is 132 Å². The molecule has 0 aliphatic heterocycles. The summed E-state index contributed by atoms with van der Waals surface area (Å²) in [6, 6.07) is 15.6. The number of aromatic nitrogens is 16. The smallest absolute Gasteiger partial charge is 0.581 e. The molecule has 0 aromatic carbocycles. The second-order valence-electron chi connectivity index (χ2n) is 25.4. The Kier molecular flexibility index (Phi) is 44.2. The summed E-state index contributed by atoms with van der Waals surface area (Å²) in [5.74, 6) is 0. The van der Waals surface area contributed by atoms with Gasteiger partial charge in [-0.3, -0.25) is 5.10 Å². The van der Waals surface area contributed by atoms with Crippen molar-refractivity contribution in [2.75, 3.05) is 0 Å². The molecule has 0 bridgehead atoms. The first kappa shape index (κ1) is 87.3. The summed E-state index contributed by atoms with van der Waals surface area (Å²) < 4.78 is 0. The third-order valence-corrected chi connectivity index (χ3v) is 9.94. The van der Waals surface area contributed by atoms with Gasteiger partial charge in [0.1, 0.15) is 0 Å². The number of aromatic amines is 1. The fourth-order valence-electron chi connectivity index (χ4n) is 5.10. The van der Waals surface area contributed by atoms with Crippen LogP contribution in [0.5, 0.6) is 0 Å². The van der Waals surface area contributed by atoms with Crippen LogP contribution in [-0.4, -0.2) is 45.9 Å². The standard InChI is InChI=1S/C7H12N2.7C7H11N2.4Ag.2Pt/c8*1-7(2,3)6-4-5-8-9-6;;;;;;/h4-5H,1-3H3,(H,8,9);7*4-5H,1-3H3;;;;;;/q;7*-1;;;;;2*+2. The van der Waals surface area contributed by atoms with E-state index in [9.17, 15) is 0 Å². The largest absolute Gasteiger partial charge is 2.00 e. The summed E-state index contributed by atoms with van der Waals surface area (Å²) in [5, 5.41) is 60.5. The summed E-state index contributed by atoms with van der Waals surface area (Å²) in [4.78, 5) is 0. The molecular formula is C56H89Ag4N16Pt2-3. The first-order chi connectivity index (χ1) is 32.8. The Morgan fingerprint density at radius 2 is 0.526 bits per heavy atom. The van der Waals surface area contributed by atoms with Gasteiger partial charge in [-0.2, -0.15) is 29.9 Å². The summed E-state index contributed by atoms with van der Waals surface area (Å²) in [6.45, 7) is 51.0. The number of H-pyrrole nitrogens is 1. The predicted octanol–water partition coefficient (Wildman–Crippen LogP) is 11.0. The summed E-state index contributed by atoms with van der Waals surface area (Å²) in [7, 11) is 0. The molecule has 0 saturated heterocycles. The van der Waals surface area contributed by atoms with E-state index in [1.54, 1.807) is 49.6 Å². The molecule has 0 unspecified atom stereocenters. The number of nitrogens with one attached hydrogen (secondary N) is 1. The molecule has 460 valence electrons. The maximum Gasteiger partial charge on any atom is 2.00 e. The van der Waals surface area contributed by atoms with E-state index in [1.165, 1.54) is 5.69 Å². The number of nitrogens with zero attached hydrogens (tertiary/aromatic N) is 15. The molecule has 8 aromatic heterocycles. The first-order valence-electron chi connectivity index (χ1n) is 24.5. The molecule has 8 heterocycles. The molecule has 8 rings (SSSR count). The van der Waals surface area contributed by atoms with Crippen molar-refractivity contribution in [2.24, 2.45) is 0 Å². The maximum atomic E-state index is 3.94. The molecule has 0 aliphatic rings. The molecule has 0 amide bonds. The van der Waals surface area contributed by atoms with Crippen LogP contribution in [0, 0.1) is 0 Å². The Morgan fingerprint density at radius 1 is 0.295 bits per heavy atom. The SMILES string of the molecule is CC(C)(C)c1cc[n-]n1.CC(C)(C)c1cc[n-]n1.CC(C)(C)c1cc[n-]n1.CC(C)(C)c1cc[n-]n1.CC(C)(C)c1ccn[n-]1.CC(C)(C)c1ccn[n-]1.CC(C)(C)c1ccn[n-]1.CC(C)(C)c1ccn[nH]1.[Ag].[Ag].[Ag].[Ag].[Pt+2].[Pt+2]. The average molecular weight is 1810 g/mol. The topological polar surface area (TPSA) is 218 Å². The van der Waals surface area contributed by atoms with Gasteiger partial charge in [0.05, 0.1) is 0 Å². The Balaban J connectivity index is -0.000000188. The Morgan fingerprint density at radius 3 is 0.603 bits per heavy atom. The third kappa shape index (κ3) is 37.9. The van der Waals surface area contributed by atoms with Crippen molar-refractivity contribution in [3.05, 3.63) is 144 Å². The molecule has 0 spiro atoms. The van der Waals surface area contributed by atoms with Crippen LogP contribution in [0.4, 0.5) is 0 Å². The van der Waals surface area contributed by atoms with E-state index in [2.05, 4.69) is 248 Å². The van der Waals surface area contributed by atoms with Gasteiger partial charge < -0.3 is 71.4 Å². The summed E-state index contributed by atoms with van der Waals surface area (Å²) in [6.07, 6.45) is 13.8. The molecule has 0 atom stereocenters. The normalized spacial score (nSPS) is 11.0. The van der Waals surface area contributed by atoms with Gasteiger partial charge in [0.2, 0.25) is 0 Å². The molecule has 0 aliphatic carbocycles. The molecule has 0 saturated carbocycles. The van der Waals surface area contributed by atoms with E-state index in [-0.39, 0.29) is 175 Å². The molecular weight excluding hydrogens is 1720 g/mol. The minimum Gasteiger partial charge on any atom is -0.581 e. The van der Waals surface area contributed by atoms with Gasteiger partial charge in [-0.15, -0.1) is 17.1 Å². The average Bonchev–Trinajstić information content (AvgIpc) is 4.13. The van der Waals surface area contributed by atoms with Gasteiger partial charge in [0.15, 0.2) is 0 Å². The fourth-order valence-corrected chi connectivity index (χ4v) is 5.10. The summed E-state index contributed by atoms with van der Waals surface area (Å²) in [5.41, 5.74) is 9.84. The zero-order chi connectivity index (χ0) is 55.2. The second kappa shape index (κ2) is 39.5. The fraction of sp³-hybridized carbons (Fsp3) is 0.571. The van der Waals surface area contributed by atoms with Crippen LogP contribution in [0.2, 0.25) is 0 Å². The van der Waals surface area contributed by atoms with E-state index >= 15 is 0 Å². The van der Waals surface area contributed by atoms with E-state index < -0.39 is 0 Å². The molecule has 16 nitrogen and oxygen atoms in total. The number of hydrogen-bond acceptors (Lipinski definition) is 8. The third-order valence-electron chi connectivity index (χ3n) is 9.94. The molecule has 78 heavy (non-hydrogen) atoms. The van der Waals surface area contributed by atoms with Crippen LogP contribution in [0.15, 0.2) is 98.1 Å². The number of hydrogen-bond donors (Lipinski definition) is 1. The van der Waals surface area contributed by atoms with Crippen molar-refractivity contribution in [1.29, 1.82) is 0 Å². The van der Waals surface area contributed by atoms with Crippen LogP contribution >= 0.6 is 0 Å². The van der Waals surface area contributed by atoms with Crippen LogP contribution in [0.1, 0.15) is 212 Å². The van der Waals surface area contributed by atoms with Gasteiger partial charge in [-0.25, -0.2) is 0 Å². The first-order valence-corrected chi connectivity index (χ1v) is 24.5. The Labute approximate surface area is 560 Å². The van der Waals surface area contributed by atoms with Gasteiger partial charge in [0.25, 0.3) is 0 Å². The minimum atomic E-state index is 0. The quantitative estimate of drug-likeness (QED) is 0.140. The van der Waals surface area contributed by atoms with Crippen molar-refractivity contribution in [3.8, 4) is 0 Å². The number of rotatable bonds is 0. The Hall–Kier alpha value is -1.98. The van der Waals surface area contributed by atoms with Crippen LogP contribution in [0.25, 0.3) is 0 Å². The van der Waals surface area contributed by atoms with Crippen molar-refractivity contribution >= 4 is 0 Å². The van der Waals surface area contributed by atoms with Crippen molar-refractivity contribution in [1.82, 2.24) is 81.6 Å². The molecule has 4 radical (unpaired) electrons. The van der Waals surface area contributed by atoms with Crippen molar-refractivity contribution in [2.45, 2.75) is 209 Å². The van der Waals surface area contributed by atoms with E-state index in [0.717, 1.165) is 39.9 Å². The molecule has 22 heteroatoms. The maximum absolute atomic E-state index is 3.94. The predicted molar refractivity (Wildman–Crippen MR) is 291 cm³/mol.